The Morgan fingerprint density at radius 3 is 2.45 bits per heavy atom. The van der Waals surface area contributed by atoms with E-state index in [-0.39, 0.29) is 10.6 Å². The number of hydrogen-bond donors (Lipinski definition) is 2. The maximum absolute atomic E-state index is 11.9. The molecule has 0 saturated carbocycles. The number of nitrogens with zero attached hydrogens (tertiary/aromatic N) is 1. The van der Waals surface area contributed by atoms with E-state index in [0.717, 1.165) is 5.56 Å². The highest BCUT2D eigenvalue weighted by molar-refractivity contribution is 7.89. The first-order chi connectivity index (χ1) is 9.36. The molecule has 8 heteroatoms. The quantitative estimate of drug-likeness (QED) is 0.597. The maximum atomic E-state index is 11.9. The molecule has 0 heterocycles. The molecule has 7 nitrogen and oxygen atoms in total. The lowest BCUT2D eigenvalue weighted by atomic mass is 10.2. The number of rotatable bonds is 6. The molecule has 2 N–H and O–H groups in total. The monoisotopic (exact) mass is 299 g/mol. The minimum absolute atomic E-state index is 0.0125. The number of hydrogen-bond acceptors (Lipinski definition) is 5. The van der Waals surface area contributed by atoms with Gasteiger partial charge < -0.3 is 4.84 Å². The van der Waals surface area contributed by atoms with Crippen LogP contribution < -0.4 is 10.3 Å². The highest BCUT2D eigenvalue weighted by Crippen LogP contribution is 2.08. The van der Waals surface area contributed by atoms with E-state index in [4.69, 9.17) is 4.84 Å². The Bertz CT molecular complexity index is 594. The van der Waals surface area contributed by atoms with E-state index < -0.39 is 15.9 Å². The van der Waals surface area contributed by atoms with Crippen molar-refractivity contribution >= 4 is 21.6 Å². The van der Waals surface area contributed by atoms with Crippen molar-refractivity contribution in [3.8, 4) is 0 Å². The second kappa shape index (κ2) is 7.01. The molecule has 1 aromatic carbocycles. The topological polar surface area (TPSA) is 96.9 Å². The molecule has 0 unspecified atom stereocenters. The van der Waals surface area contributed by atoms with Gasteiger partial charge in [0.25, 0.3) is 15.9 Å². The van der Waals surface area contributed by atoms with E-state index in [1.807, 2.05) is 11.8 Å². The highest BCUT2D eigenvalue weighted by atomic mass is 32.2. The zero-order valence-electron chi connectivity index (χ0n) is 11.5. The van der Waals surface area contributed by atoms with Crippen molar-refractivity contribution in [1.82, 2.24) is 10.3 Å². The van der Waals surface area contributed by atoms with Gasteiger partial charge in [0.15, 0.2) is 0 Å². The fourth-order valence-corrected chi connectivity index (χ4v) is 2.02. The lowest BCUT2D eigenvalue weighted by molar-refractivity contribution is -0.115. The third kappa shape index (κ3) is 4.63. The van der Waals surface area contributed by atoms with Crippen molar-refractivity contribution in [2.24, 2.45) is 5.16 Å². The summed E-state index contributed by atoms with van der Waals surface area (Å²) >= 11 is 0. The Morgan fingerprint density at radius 2 is 1.90 bits per heavy atom. The predicted molar refractivity (Wildman–Crippen MR) is 74.4 cm³/mol. The molecule has 0 spiro atoms. The molecule has 0 saturated heterocycles. The van der Waals surface area contributed by atoms with Gasteiger partial charge in [0.1, 0.15) is 12.3 Å². The van der Waals surface area contributed by atoms with Crippen molar-refractivity contribution < 1.29 is 18.0 Å². The molecule has 0 aliphatic rings. The van der Waals surface area contributed by atoms with E-state index >= 15 is 0 Å². The molecule has 1 amide bonds. The van der Waals surface area contributed by atoms with Crippen LogP contribution in [0.15, 0.2) is 34.3 Å². The molecule has 20 heavy (non-hydrogen) atoms. The normalized spacial score (nSPS) is 12.1. The Labute approximate surface area is 118 Å². The molecule has 0 aromatic heterocycles. The minimum atomic E-state index is -3.80. The van der Waals surface area contributed by atoms with Crippen LogP contribution in [-0.2, 0) is 19.7 Å². The second-order valence-corrected chi connectivity index (χ2v) is 5.65. The average molecular weight is 299 g/mol. The van der Waals surface area contributed by atoms with Gasteiger partial charge in [-0.1, -0.05) is 22.9 Å². The van der Waals surface area contributed by atoms with Crippen LogP contribution in [0, 0.1) is 6.92 Å². The number of sulfonamides is 1. The standard InChI is InChI=1S/C12H17N3O4S/c1-4-19-14-10(3)12(16)13-15-20(17,18)11-7-5-9(2)6-8-11/h5-8,15H,4H2,1-3H3,(H,13,16). The summed E-state index contributed by atoms with van der Waals surface area (Å²) in [6.45, 7) is 5.29. The van der Waals surface area contributed by atoms with Crippen molar-refractivity contribution in [3.63, 3.8) is 0 Å². The smallest absolute Gasteiger partial charge is 0.283 e. The predicted octanol–water partition coefficient (Wildman–Crippen LogP) is 0.717. The van der Waals surface area contributed by atoms with Gasteiger partial charge in [-0.15, -0.1) is 4.83 Å². The highest BCUT2D eigenvalue weighted by Gasteiger charge is 2.15. The lowest BCUT2D eigenvalue weighted by Crippen LogP contribution is -2.44. The molecule has 1 rings (SSSR count). The number of hydrazine groups is 1. The number of aryl methyl sites for hydroxylation is 1. The third-order valence-corrected chi connectivity index (χ3v) is 3.55. The molecule has 0 atom stereocenters. The minimum Gasteiger partial charge on any atom is -0.396 e. The van der Waals surface area contributed by atoms with Gasteiger partial charge in [-0.2, -0.15) is 0 Å². The van der Waals surface area contributed by atoms with Crippen LogP contribution in [0.2, 0.25) is 0 Å². The fraction of sp³-hybridized carbons (Fsp3) is 0.333. The molecule has 0 bridgehead atoms. The number of carbonyl (C=O) groups excluding carboxylic acids is 1. The van der Waals surface area contributed by atoms with Crippen molar-refractivity contribution in [2.45, 2.75) is 25.7 Å². The third-order valence-electron chi connectivity index (χ3n) is 2.29. The molecule has 1 aromatic rings. The van der Waals surface area contributed by atoms with Gasteiger partial charge in [0.2, 0.25) is 0 Å². The molecule has 0 aliphatic heterocycles. The Morgan fingerprint density at radius 1 is 1.30 bits per heavy atom. The zero-order chi connectivity index (χ0) is 15.2. The number of benzene rings is 1. The number of amides is 1. The van der Waals surface area contributed by atoms with E-state index in [1.54, 1.807) is 19.1 Å². The summed E-state index contributed by atoms with van der Waals surface area (Å²) in [6.07, 6.45) is 0. The molecular weight excluding hydrogens is 282 g/mol. The van der Waals surface area contributed by atoms with Gasteiger partial charge in [-0.05, 0) is 32.9 Å². The summed E-state index contributed by atoms with van der Waals surface area (Å²) in [6, 6.07) is 6.23. The maximum Gasteiger partial charge on any atom is 0.283 e. The average Bonchev–Trinajstić information content (AvgIpc) is 2.42. The van der Waals surface area contributed by atoms with E-state index in [2.05, 4.69) is 10.6 Å². The summed E-state index contributed by atoms with van der Waals surface area (Å²) in [5.74, 6) is -0.686. The van der Waals surface area contributed by atoms with Crippen LogP contribution in [-0.4, -0.2) is 26.6 Å². The van der Waals surface area contributed by atoms with Gasteiger partial charge >= 0.3 is 0 Å². The van der Waals surface area contributed by atoms with Crippen LogP contribution in [0.4, 0.5) is 0 Å². The van der Waals surface area contributed by atoms with Crippen molar-refractivity contribution in [1.29, 1.82) is 0 Å². The summed E-state index contributed by atoms with van der Waals surface area (Å²) < 4.78 is 23.8. The van der Waals surface area contributed by atoms with Gasteiger partial charge in [0.05, 0.1) is 4.90 Å². The van der Waals surface area contributed by atoms with E-state index in [1.165, 1.54) is 19.1 Å². The van der Waals surface area contributed by atoms with Crippen LogP contribution in [0.3, 0.4) is 0 Å². The van der Waals surface area contributed by atoms with E-state index in [9.17, 15) is 13.2 Å². The Hall–Kier alpha value is -1.93. The number of oxime groups is 1. The summed E-state index contributed by atoms with van der Waals surface area (Å²) in [4.78, 5) is 18.3. The zero-order valence-corrected chi connectivity index (χ0v) is 12.3. The summed E-state index contributed by atoms with van der Waals surface area (Å²) in [5, 5.41) is 3.50. The number of nitrogens with one attached hydrogen (secondary N) is 2. The van der Waals surface area contributed by atoms with Crippen molar-refractivity contribution in [3.05, 3.63) is 29.8 Å². The summed E-state index contributed by atoms with van der Waals surface area (Å²) in [5.41, 5.74) is 3.01. The second-order valence-electron chi connectivity index (χ2n) is 3.97. The van der Waals surface area contributed by atoms with Gasteiger partial charge in [0, 0.05) is 0 Å². The molecule has 0 aliphatic carbocycles. The largest absolute Gasteiger partial charge is 0.396 e. The van der Waals surface area contributed by atoms with Crippen LogP contribution >= 0.6 is 0 Å². The summed E-state index contributed by atoms with van der Waals surface area (Å²) in [7, 11) is -3.80. The SMILES string of the molecule is CCON=C(C)C(=O)NNS(=O)(=O)c1ccc(C)cc1. The molecular formula is C12H17N3O4S. The Kier molecular flexibility index (Phi) is 5.66. The molecule has 110 valence electrons. The first-order valence-corrected chi connectivity index (χ1v) is 7.40. The van der Waals surface area contributed by atoms with Gasteiger partial charge in [-0.3, -0.25) is 10.2 Å². The number of carbonyl (C=O) groups is 1. The molecule has 0 fully saturated rings. The van der Waals surface area contributed by atoms with Crippen LogP contribution in [0.5, 0.6) is 0 Å². The van der Waals surface area contributed by atoms with E-state index in [0.29, 0.717) is 6.61 Å². The fourth-order valence-electron chi connectivity index (χ4n) is 1.18. The van der Waals surface area contributed by atoms with Crippen LogP contribution in [0.1, 0.15) is 19.4 Å². The lowest BCUT2D eigenvalue weighted by Gasteiger charge is -2.08. The van der Waals surface area contributed by atoms with Gasteiger partial charge in [-0.25, -0.2) is 8.42 Å². The Balaban J connectivity index is 2.69. The first kappa shape index (κ1) is 16.1. The first-order valence-electron chi connectivity index (χ1n) is 5.92. The van der Waals surface area contributed by atoms with Crippen LogP contribution in [0.25, 0.3) is 0 Å². The van der Waals surface area contributed by atoms with Crippen molar-refractivity contribution in [2.75, 3.05) is 6.61 Å². The molecule has 0 radical (unpaired) electrons.